The number of benzene rings is 1. The maximum Gasteiger partial charge on any atom is 0.0388 e. The molecule has 1 aromatic rings. The standard InChI is InChI=1S/C11H14S/c1-2-3-9-4-6-10(7-5-9)11-8-12-11/h4-7,11H,2-3,8H2,1H3. The molecule has 1 saturated heterocycles. The average Bonchev–Trinajstić information content (AvgIpc) is 2.89. The van der Waals surface area contributed by atoms with Gasteiger partial charge in [0.25, 0.3) is 0 Å². The molecule has 1 atom stereocenters. The minimum atomic E-state index is 0.820. The van der Waals surface area contributed by atoms with Gasteiger partial charge < -0.3 is 0 Å². The summed E-state index contributed by atoms with van der Waals surface area (Å²) in [5, 5.41) is 0.820. The van der Waals surface area contributed by atoms with Crippen molar-refractivity contribution in [2.75, 3.05) is 5.75 Å². The van der Waals surface area contributed by atoms with Gasteiger partial charge in [0.15, 0.2) is 0 Å². The van der Waals surface area contributed by atoms with E-state index < -0.39 is 0 Å². The molecule has 1 heterocycles. The van der Waals surface area contributed by atoms with E-state index in [-0.39, 0.29) is 0 Å². The third kappa shape index (κ3) is 1.84. The van der Waals surface area contributed by atoms with Crippen molar-refractivity contribution < 1.29 is 0 Å². The molecule has 1 heteroatoms. The number of thioether (sulfide) groups is 1. The Kier molecular flexibility index (Phi) is 2.40. The largest absolute Gasteiger partial charge is 0.151 e. The van der Waals surface area contributed by atoms with Gasteiger partial charge in [0.05, 0.1) is 0 Å². The number of hydrogen-bond donors (Lipinski definition) is 0. The molecule has 0 nitrogen and oxygen atoms in total. The topological polar surface area (TPSA) is 0 Å². The fourth-order valence-corrected chi connectivity index (χ4v) is 2.07. The molecule has 1 aliphatic rings. The Morgan fingerprint density at radius 1 is 1.33 bits per heavy atom. The number of hydrogen-bond acceptors (Lipinski definition) is 1. The lowest BCUT2D eigenvalue weighted by atomic mass is 10.1. The smallest absolute Gasteiger partial charge is 0.0388 e. The van der Waals surface area contributed by atoms with Crippen molar-refractivity contribution in [3.63, 3.8) is 0 Å². The van der Waals surface area contributed by atoms with Crippen LogP contribution in [0.2, 0.25) is 0 Å². The van der Waals surface area contributed by atoms with Gasteiger partial charge in [-0.2, -0.15) is 11.8 Å². The predicted octanol–water partition coefficient (Wildman–Crippen LogP) is 3.43. The fourth-order valence-electron chi connectivity index (χ4n) is 1.43. The summed E-state index contributed by atoms with van der Waals surface area (Å²) in [6.07, 6.45) is 2.47. The second-order valence-electron chi connectivity index (χ2n) is 3.31. The lowest BCUT2D eigenvalue weighted by Gasteiger charge is -2.00. The Hall–Kier alpha value is -0.430. The summed E-state index contributed by atoms with van der Waals surface area (Å²) in [5.74, 6) is 1.33. The van der Waals surface area contributed by atoms with E-state index >= 15 is 0 Å². The Bertz CT molecular complexity index is 246. The molecule has 2 rings (SSSR count). The first-order valence-corrected chi connectivity index (χ1v) is 5.65. The molecule has 1 aliphatic heterocycles. The van der Waals surface area contributed by atoms with Gasteiger partial charge in [-0.15, -0.1) is 0 Å². The molecule has 0 aromatic heterocycles. The zero-order chi connectivity index (χ0) is 8.39. The van der Waals surface area contributed by atoms with E-state index in [1.807, 2.05) is 11.8 Å². The fraction of sp³-hybridized carbons (Fsp3) is 0.455. The summed E-state index contributed by atoms with van der Waals surface area (Å²) >= 11 is 2.04. The van der Waals surface area contributed by atoms with Crippen molar-refractivity contribution >= 4 is 11.8 Å². The highest BCUT2D eigenvalue weighted by Gasteiger charge is 2.23. The molecule has 0 amide bonds. The van der Waals surface area contributed by atoms with Crippen LogP contribution in [-0.4, -0.2) is 5.75 Å². The summed E-state index contributed by atoms with van der Waals surface area (Å²) in [5.41, 5.74) is 2.99. The molecule has 0 spiro atoms. The molecule has 0 N–H and O–H groups in total. The Labute approximate surface area is 78.4 Å². The third-order valence-corrected chi connectivity index (χ3v) is 3.16. The van der Waals surface area contributed by atoms with E-state index in [4.69, 9.17) is 0 Å². The molecule has 0 radical (unpaired) electrons. The van der Waals surface area contributed by atoms with Gasteiger partial charge in [-0.1, -0.05) is 37.6 Å². The molecule has 0 aliphatic carbocycles. The predicted molar refractivity (Wildman–Crippen MR) is 55.6 cm³/mol. The van der Waals surface area contributed by atoms with Gasteiger partial charge in [0, 0.05) is 11.0 Å². The molecule has 1 fully saturated rings. The van der Waals surface area contributed by atoms with Crippen molar-refractivity contribution in [3.05, 3.63) is 35.4 Å². The minimum Gasteiger partial charge on any atom is -0.151 e. The second-order valence-corrected chi connectivity index (χ2v) is 4.55. The molecule has 64 valence electrons. The van der Waals surface area contributed by atoms with Crippen molar-refractivity contribution in [2.24, 2.45) is 0 Å². The minimum absolute atomic E-state index is 0.820. The maximum absolute atomic E-state index is 2.29. The second kappa shape index (κ2) is 3.53. The van der Waals surface area contributed by atoms with Crippen molar-refractivity contribution in [1.29, 1.82) is 0 Å². The van der Waals surface area contributed by atoms with Crippen molar-refractivity contribution in [1.82, 2.24) is 0 Å². The first-order chi connectivity index (χ1) is 5.90. The molecule has 12 heavy (non-hydrogen) atoms. The lowest BCUT2D eigenvalue weighted by molar-refractivity contribution is 0.920. The van der Waals surface area contributed by atoms with Crippen LogP contribution in [0.25, 0.3) is 0 Å². The summed E-state index contributed by atoms with van der Waals surface area (Å²) in [4.78, 5) is 0. The maximum atomic E-state index is 2.29. The van der Waals surface area contributed by atoms with E-state index in [0.717, 1.165) is 5.25 Å². The van der Waals surface area contributed by atoms with Crippen molar-refractivity contribution in [2.45, 2.75) is 25.0 Å². The highest BCUT2D eigenvalue weighted by Crippen LogP contribution is 2.45. The third-order valence-electron chi connectivity index (χ3n) is 2.22. The van der Waals surface area contributed by atoms with Crippen LogP contribution < -0.4 is 0 Å². The number of aryl methyl sites for hydroxylation is 1. The molecule has 1 aromatic carbocycles. The number of rotatable bonds is 3. The average molecular weight is 178 g/mol. The van der Waals surface area contributed by atoms with Crippen molar-refractivity contribution in [3.8, 4) is 0 Å². The molecule has 0 bridgehead atoms. The summed E-state index contributed by atoms with van der Waals surface area (Å²) in [6.45, 7) is 2.23. The van der Waals surface area contributed by atoms with Crippen LogP contribution in [0.1, 0.15) is 29.7 Å². The van der Waals surface area contributed by atoms with Crippen LogP contribution in [-0.2, 0) is 6.42 Å². The first-order valence-electron chi connectivity index (χ1n) is 4.60. The zero-order valence-electron chi connectivity index (χ0n) is 7.42. The van der Waals surface area contributed by atoms with E-state index in [0.29, 0.717) is 0 Å². The van der Waals surface area contributed by atoms with Gasteiger partial charge in [0.1, 0.15) is 0 Å². The van der Waals surface area contributed by atoms with Crippen LogP contribution in [0.15, 0.2) is 24.3 Å². The summed E-state index contributed by atoms with van der Waals surface area (Å²) < 4.78 is 0. The lowest BCUT2D eigenvalue weighted by Crippen LogP contribution is -1.84. The quantitative estimate of drug-likeness (QED) is 0.639. The van der Waals surface area contributed by atoms with Gasteiger partial charge in [-0.05, 0) is 17.5 Å². The van der Waals surface area contributed by atoms with E-state index in [1.165, 1.54) is 29.7 Å². The van der Waals surface area contributed by atoms with Crippen LogP contribution in [0.5, 0.6) is 0 Å². The van der Waals surface area contributed by atoms with E-state index in [9.17, 15) is 0 Å². The van der Waals surface area contributed by atoms with Crippen LogP contribution in [0, 0.1) is 0 Å². The van der Waals surface area contributed by atoms with Crippen LogP contribution in [0.3, 0.4) is 0 Å². The Balaban J connectivity index is 2.08. The SMILES string of the molecule is CCCc1ccc(C2CS2)cc1. The highest BCUT2D eigenvalue weighted by atomic mass is 32.2. The molecule has 0 saturated carbocycles. The Morgan fingerprint density at radius 3 is 2.50 bits per heavy atom. The van der Waals surface area contributed by atoms with Crippen LogP contribution in [0.4, 0.5) is 0 Å². The van der Waals surface area contributed by atoms with E-state index in [1.54, 1.807) is 0 Å². The molecule has 1 unspecified atom stereocenters. The summed E-state index contributed by atoms with van der Waals surface area (Å²) in [6, 6.07) is 9.13. The highest BCUT2D eigenvalue weighted by molar-refractivity contribution is 8.06. The van der Waals surface area contributed by atoms with Gasteiger partial charge in [-0.25, -0.2) is 0 Å². The molecular weight excluding hydrogens is 164 g/mol. The summed E-state index contributed by atoms with van der Waals surface area (Å²) in [7, 11) is 0. The molecular formula is C11H14S. The van der Waals surface area contributed by atoms with Crippen LogP contribution >= 0.6 is 11.8 Å². The monoisotopic (exact) mass is 178 g/mol. The van der Waals surface area contributed by atoms with Gasteiger partial charge in [-0.3, -0.25) is 0 Å². The van der Waals surface area contributed by atoms with E-state index in [2.05, 4.69) is 31.2 Å². The van der Waals surface area contributed by atoms with Gasteiger partial charge >= 0.3 is 0 Å². The Morgan fingerprint density at radius 2 is 2.00 bits per heavy atom. The first kappa shape index (κ1) is 8.18. The van der Waals surface area contributed by atoms with Gasteiger partial charge in [0.2, 0.25) is 0 Å². The zero-order valence-corrected chi connectivity index (χ0v) is 8.23. The normalized spacial score (nSPS) is 20.9.